The maximum Gasteiger partial charge on any atom is 0.248 e. The fourth-order valence-corrected chi connectivity index (χ4v) is 3.26. The van der Waals surface area contributed by atoms with E-state index in [4.69, 9.17) is 4.74 Å². The van der Waals surface area contributed by atoms with Gasteiger partial charge in [0.15, 0.2) is 0 Å². The number of likely N-dealkylation sites (tertiary alicyclic amines) is 1. The molecule has 0 radical (unpaired) electrons. The van der Waals surface area contributed by atoms with Gasteiger partial charge < -0.3 is 9.64 Å². The number of anilines is 1. The molecule has 3 rings (SSSR count). The number of rotatable bonds is 6. The second-order valence-corrected chi connectivity index (χ2v) is 8.02. The third-order valence-corrected chi connectivity index (χ3v) is 4.88. The van der Waals surface area contributed by atoms with Crippen LogP contribution in [0.2, 0.25) is 0 Å². The Hall–Kier alpha value is -2.90. The summed E-state index contributed by atoms with van der Waals surface area (Å²) in [6.07, 6.45) is 1.69. The van der Waals surface area contributed by atoms with Gasteiger partial charge in [0.2, 0.25) is 17.8 Å². The van der Waals surface area contributed by atoms with Gasteiger partial charge in [0.05, 0.1) is 13.0 Å². The number of methoxy groups -OCH3 is 1. The zero-order valence-electron chi connectivity index (χ0n) is 16.8. The van der Waals surface area contributed by atoms with Crippen molar-refractivity contribution in [2.24, 2.45) is 5.92 Å². The van der Waals surface area contributed by atoms with E-state index in [1.807, 2.05) is 45.0 Å². The van der Waals surface area contributed by atoms with Crippen LogP contribution < -0.4 is 10.1 Å². The third-order valence-electron chi connectivity index (χ3n) is 4.88. The highest BCUT2D eigenvalue weighted by Crippen LogP contribution is 2.26. The molecule has 1 aromatic heterocycles. The summed E-state index contributed by atoms with van der Waals surface area (Å²) in [5.41, 5.74) is 0.875. The summed E-state index contributed by atoms with van der Waals surface area (Å²) in [5.74, 6) is 1.17. The van der Waals surface area contributed by atoms with Crippen molar-refractivity contribution in [2.75, 3.05) is 19.0 Å². The number of H-pyrrole nitrogens is 1. The van der Waals surface area contributed by atoms with Crippen LogP contribution >= 0.6 is 0 Å². The van der Waals surface area contributed by atoms with Crippen LogP contribution in [-0.2, 0) is 22.4 Å². The van der Waals surface area contributed by atoms with Crippen LogP contribution in [0.1, 0.15) is 38.6 Å². The van der Waals surface area contributed by atoms with Gasteiger partial charge in [-0.05, 0) is 44.9 Å². The maximum atomic E-state index is 12.5. The lowest BCUT2D eigenvalue weighted by Crippen LogP contribution is -2.42. The molecule has 2 N–H and O–H groups in total. The molecular weight excluding hydrogens is 358 g/mol. The van der Waals surface area contributed by atoms with E-state index in [9.17, 15) is 9.59 Å². The average Bonchev–Trinajstić information content (AvgIpc) is 3.26. The molecular formula is C20H27N5O3. The van der Waals surface area contributed by atoms with Gasteiger partial charge in [-0.25, -0.2) is 0 Å². The van der Waals surface area contributed by atoms with Crippen LogP contribution in [0.3, 0.4) is 0 Å². The SMILES string of the molecule is COc1ccc(CCc2nc(NC(=O)[C@@H]3CC(=O)N(C(C)(C)C)C3)n[nH]2)cc1. The largest absolute Gasteiger partial charge is 0.497 e. The standard InChI is InChI=1S/C20H27N5O3/c1-20(2,3)25-12-14(11-17(25)26)18(27)22-19-21-16(23-24-19)10-7-13-5-8-15(28-4)9-6-13/h5-6,8-9,14H,7,10-12H2,1-4H3,(H2,21,22,23,24,27)/t14-/m1/s1. The number of hydrogen-bond acceptors (Lipinski definition) is 5. The molecule has 28 heavy (non-hydrogen) atoms. The first-order valence-electron chi connectivity index (χ1n) is 9.42. The minimum atomic E-state index is -0.382. The van der Waals surface area contributed by atoms with Crippen molar-refractivity contribution in [2.45, 2.75) is 45.6 Å². The Morgan fingerprint density at radius 3 is 2.61 bits per heavy atom. The molecule has 1 aromatic carbocycles. The highest BCUT2D eigenvalue weighted by molar-refractivity contribution is 5.96. The lowest BCUT2D eigenvalue weighted by molar-refractivity contribution is -0.131. The predicted octanol–water partition coefficient (Wildman–Crippen LogP) is 2.18. The Kier molecular flexibility index (Phi) is 5.67. The average molecular weight is 385 g/mol. The molecule has 2 aromatic rings. The number of carbonyl (C=O) groups is 2. The molecule has 2 heterocycles. The zero-order valence-corrected chi connectivity index (χ0v) is 16.8. The van der Waals surface area contributed by atoms with Crippen LogP contribution in [0.4, 0.5) is 5.95 Å². The van der Waals surface area contributed by atoms with Crippen molar-refractivity contribution in [1.29, 1.82) is 0 Å². The number of nitrogens with one attached hydrogen (secondary N) is 2. The van der Waals surface area contributed by atoms with Crippen molar-refractivity contribution in [3.05, 3.63) is 35.7 Å². The topological polar surface area (TPSA) is 100 Å². The van der Waals surface area contributed by atoms with Crippen molar-refractivity contribution in [3.63, 3.8) is 0 Å². The molecule has 8 heteroatoms. The highest BCUT2D eigenvalue weighted by Gasteiger charge is 2.39. The molecule has 0 unspecified atom stereocenters. The summed E-state index contributed by atoms with van der Waals surface area (Å²) in [5, 5.41) is 9.65. The Bertz CT molecular complexity index is 838. The molecule has 150 valence electrons. The quantitative estimate of drug-likeness (QED) is 0.794. The van der Waals surface area contributed by atoms with Crippen LogP contribution in [0.15, 0.2) is 24.3 Å². The normalized spacial score (nSPS) is 17.1. The molecule has 1 aliphatic rings. The molecule has 0 bridgehead atoms. The first-order valence-corrected chi connectivity index (χ1v) is 9.42. The van der Waals surface area contributed by atoms with E-state index >= 15 is 0 Å². The number of nitrogens with zero attached hydrogens (tertiary/aromatic N) is 3. The van der Waals surface area contributed by atoms with Crippen molar-refractivity contribution in [1.82, 2.24) is 20.1 Å². The highest BCUT2D eigenvalue weighted by atomic mass is 16.5. The smallest absolute Gasteiger partial charge is 0.248 e. The van der Waals surface area contributed by atoms with E-state index in [-0.39, 0.29) is 35.6 Å². The lowest BCUT2D eigenvalue weighted by atomic mass is 10.1. The molecule has 1 saturated heterocycles. The fraction of sp³-hybridized carbons (Fsp3) is 0.500. The Morgan fingerprint density at radius 2 is 2.00 bits per heavy atom. The van der Waals surface area contributed by atoms with Gasteiger partial charge in [0.25, 0.3) is 0 Å². The Morgan fingerprint density at radius 1 is 1.29 bits per heavy atom. The second kappa shape index (κ2) is 8.00. The summed E-state index contributed by atoms with van der Waals surface area (Å²) < 4.78 is 5.15. The van der Waals surface area contributed by atoms with E-state index in [1.165, 1.54) is 0 Å². The molecule has 2 amide bonds. The third kappa shape index (κ3) is 4.68. The van der Waals surface area contributed by atoms with E-state index in [0.717, 1.165) is 17.7 Å². The minimum absolute atomic E-state index is 0.00261. The van der Waals surface area contributed by atoms with E-state index < -0.39 is 0 Å². The Balaban J connectivity index is 1.52. The number of amides is 2. The fourth-order valence-electron chi connectivity index (χ4n) is 3.26. The summed E-state index contributed by atoms with van der Waals surface area (Å²) in [4.78, 5) is 30.7. The first-order chi connectivity index (χ1) is 13.3. The van der Waals surface area contributed by atoms with Gasteiger partial charge in [-0.15, -0.1) is 5.10 Å². The van der Waals surface area contributed by atoms with Gasteiger partial charge in [0.1, 0.15) is 11.6 Å². The lowest BCUT2D eigenvalue weighted by Gasteiger charge is -2.31. The molecule has 0 aliphatic carbocycles. The zero-order chi connectivity index (χ0) is 20.3. The number of aromatic amines is 1. The second-order valence-electron chi connectivity index (χ2n) is 8.02. The van der Waals surface area contributed by atoms with Gasteiger partial charge in [-0.2, -0.15) is 4.98 Å². The molecule has 1 fully saturated rings. The first kappa shape index (κ1) is 19.9. The molecule has 0 spiro atoms. The number of aryl methyl sites for hydroxylation is 2. The van der Waals surface area contributed by atoms with E-state index in [0.29, 0.717) is 18.8 Å². The predicted molar refractivity (Wildman–Crippen MR) is 105 cm³/mol. The molecule has 1 atom stereocenters. The van der Waals surface area contributed by atoms with Gasteiger partial charge in [-0.3, -0.25) is 20.0 Å². The van der Waals surface area contributed by atoms with Crippen LogP contribution in [0.5, 0.6) is 5.75 Å². The van der Waals surface area contributed by atoms with Crippen LogP contribution in [-0.4, -0.2) is 51.1 Å². The Labute approximate surface area is 164 Å². The maximum absolute atomic E-state index is 12.5. The monoisotopic (exact) mass is 385 g/mol. The number of benzene rings is 1. The summed E-state index contributed by atoms with van der Waals surface area (Å²) in [6.45, 7) is 6.32. The van der Waals surface area contributed by atoms with Crippen LogP contribution in [0, 0.1) is 5.92 Å². The van der Waals surface area contributed by atoms with Gasteiger partial charge >= 0.3 is 0 Å². The molecule has 8 nitrogen and oxygen atoms in total. The summed E-state index contributed by atoms with van der Waals surface area (Å²) in [7, 11) is 1.64. The van der Waals surface area contributed by atoms with Crippen molar-refractivity contribution in [3.8, 4) is 5.75 Å². The summed E-state index contributed by atoms with van der Waals surface area (Å²) >= 11 is 0. The van der Waals surface area contributed by atoms with E-state index in [2.05, 4.69) is 20.5 Å². The number of carbonyl (C=O) groups excluding carboxylic acids is 2. The number of hydrogen-bond donors (Lipinski definition) is 2. The summed E-state index contributed by atoms with van der Waals surface area (Å²) in [6, 6.07) is 7.86. The van der Waals surface area contributed by atoms with Gasteiger partial charge in [-0.1, -0.05) is 12.1 Å². The number of ether oxygens (including phenoxy) is 1. The van der Waals surface area contributed by atoms with Gasteiger partial charge in [0, 0.05) is 24.9 Å². The minimum Gasteiger partial charge on any atom is -0.497 e. The van der Waals surface area contributed by atoms with Crippen LogP contribution in [0.25, 0.3) is 0 Å². The molecule has 1 aliphatic heterocycles. The number of aromatic nitrogens is 3. The molecule has 0 saturated carbocycles. The van der Waals surface area contributed by atoms with Crippen molar-refractivity contribution < 1.29 is 14.3 Å². The van der Waals surface area contributed by atoms with E-state index in [1.54, 1.807) is 12.0 Å². The van der Waals surface area contributed by atoms with Crippen molar-refractivity contribution >= 4 is 17.8 Å².